The summed E-state index contributed by atoms with van der Waals surface area (Å²) in [4.78, 5) is 11.9. The average molecular weight is 577 g/mol. The lowest BCUT2D eigenvalue weighted by molar-refractivity contribution is -0.145. The first-order valence-corrected chi connectivity index (χ1v) is 17.3. The van der Waals surface area contributed by atoms with E-state index < -0.39 is 0 Å². The minimum Gasteiger partial charge on any atom is -0.491 e. The number of hydrogen-bond acceptors (Lipinski definition) is 5. The number of unbranched alkanes of at least 4 members (excludes halogenated alkanes) is 17. The Labute approximate surface area is 253 Å². The van der Waals surface area contributed by atoms with E-state index in [1.165, 1.54) is 115 Å². The third-order valence-electron chi connectivity index (χ3n) is 7.59. The Morgan fingerprint density at radius 3 is 1.49 bits per heavy atom. The van der Waals surface area contributed by atoms with Crippen molar-refractivity contribution in [1.29, 1.82) is 0 Å². The number of ether oxygens (including phenoxy) is 4. The van der Waals surface area contributed by atoms with Gasteiger partial charge in [0.25, 0.3) is 0 Å². The van der Waals surface area contributed by atoms with Crippen LogP contribution in [0.1, 0.15) is 148 Å². The molecule has 0 atom stereocenters. The maximum absolute atomic E-state index is 11.9. The van der Waals surface area contributed by atoms with Crippen molar-refractivity contribution in [3.8, 4) is 5.75 Å². The highest BCUT2D eigenvalue weighted by Crippen LogP contribution is 2.15. The van der Waals surface area contributed by atoms with Crippen LogP contribution in [0.4, 0.5) is 0 Å². The molecular formula is C36H64O5. The third kappa shape index (κ3) is 25.8. The molecule has 5 heteroatoms. The van der Waals surface area contributed by atoms with Crippen LogP contribution in [0.25, 0.3) is 0 Å². The van der Waals surface area contributed by atoms with Gasteiger partial charge in [0.2, 0.25) is 0 Å². The molecule has 0 heterocycles. The molecule has 0 fully saturated rings. The van der Waals surface area contributed by atoms with Crippen LogP contribution in [-0.2, 0) is 25.4 Å². The molecule has 0 bridgehead atoms. The van der Waals surface area contributed by atoms with Crippen molar-refractivity contribution in [2.75, 3.05) is 39.6 Å². The van der Waals surface area contributed by atoms with Crippen LogP contribution in [-0.4, -0.2) is 45.6 Å². The van der Waals surface area contributed by atoms with Gasteiger partial charge in [-0.2, -0.15) is 0 Å². The molecule has 0 spiro atoms. The zero-order valence-electron chi connectivity index (χ0n) is 26.9. The average Bonchev–Trinajstić information content (AvgIpc) is 2.99. The highest BCUT2D eigenvalue weighted by atomic mass is 16.6. The Balaban J connectivity index is 1.80. The Kier molecular flexibility index (Phi) is 27.3. The number of hydrogen-bond donors (Lipinski definition) is 0. The normalized spacial score (nSPS) is 11.2. The Morgan fingerprint density at radius 2 is 0.951 bits per heavy atom. The molecule has 0 saturated carbocycles. The Bertz CT molecular complexity index is 675. The molecule has 0 saturated heterocycles. The zero-order chi connectivity index (χ0) is 29.5. The summed E-state index contributed by atoms with van der Waals surface area (Å²) < 4.78 is 22.1. The summed E-state index contributed by atoms with van der Waals surface area (Å²) >= 11 is 0. The summed E-state index contributed by atoms with van der Waals surface area (Å²) in [6.45, 7) is 7.30. The van der Waals surface area contributed by atoms with E-state index >= 15 is 0 Å². The van der Waals surface area contributed by atoms with E-state index in [0.717, 1.165) is 25.0 Å². The topological polar surface area (TPSA) is 54.0 Å². The molecule has 0 radical (unpaired) electrons. The monoisotopic (exact) mass is 576 g/mol. The van der Waals surface area contributed by atoms with Gasteiger partial charge in [-0.3, -0.25) is 4.79 Å². The summed E-state index contributed by atoms with van der Waals surface area (Å²) in [6, 6.07) is 8.44. The summed E-state index contributed by atoms with van der Waals surface area (Å²) in [5, 5.41) is 0. The molecule has 1 aromatic carbocycles. The van der Waals surface area contributed by atoms with Gasteiger partial charge in [0.05, 0.1) is 26.4 Å². The van der Waals surface area contributed by atoms with Gasteiger partial charge >= 0.3 is 5.97 Å². The van der Waals surface area contributed by atoms with Crippen LogP contribution < -0.4 is 4.74 Å². The van der Waals surface area contributed by atoms with Gasteiger partial charge in [-0.25, -0.2) is 0 Å². The molecule has 238 valence electrons. The summed E-state index contributed by atoms with van der Waals surface area (Å²) in [6.07, 6.45) is 26.6. The Hall–Kier alpha value is -1.59. The molecular weight excluding hydrogens is 512 g/mol. The van der Waals surface area contributed by atoms with Crippen LogP contribution in [0.2, 0.25) is 0 Å². The van der Waals surface area contributed by atoms with Crippen LogP contribution in [0.15, 0.2) is 24.3 Å². The SMILES string of the molecule is CCCCCCCCCCCCCCCC(=O)OCCOCCOCCOc1ccc(CCCCCCCC)cc1. The second kappa shape index (κ2) is 29.9. The lowest BCUT2D eigenvalue weighted by Crippen LogP contribution is -2.14. The van der Waals surface area contributed by atoms with Crippen molar-refractivity contribution in [1.82, 2.24) is 0 Å². The predicted molar refractivity (Wildman–Crippen MR) is 172 cm³/mol. The number of aryl methyl sites for hydroxylation is 1. The van der Waals surface area contributed by atoms with Crippen molar-refractivity contribution >= 4 is 5.97 Å². The van der Waals surface area contributed by atoms with Crippen LogP contribution in [0.3, 0.4) is 0 Å². The minimum atomic E-state index is -0.111. The van der Waals surface area contributed by atoms with E-state index in [2.05, 4.69) is 38.1 Å². The molecule has 0 aromatic heterocycles. The quantitative estimate of drug-likeness (QED) is 0.0650. The van der Waals surface area contributed by atoms with Crippen molar-refractivity contribution in [3.05, 3.63) is 29.8 Å². The second-order valence-electron chi connectivity index (χ2n) is 11.4. The van der Waals surface area contributed by atoms with Crippen molar-refractivity contribution in [2.24, 2.45) is 0 Å². The standard InChI is InChI=1S/C36H64O5/c1-3-5-7-9-11-12-13-14-15-16-17-19-21-23-36(37)41-33-31-39-29-28-38-30-32-40-35-26-24-34(25-27-35)22-20-18-10-8-6-4-2/h24-27H,3-23,28-33H2,1-2H3. The maximum atomic E-state index is 11.9. The lowest BCUT2D eigenvalue weighted by atomic mass is 10.0. The van der Waals surface area contributed by atoms with E-state index in [0.29, 0.717) is 46.1 Å². The molecule has 1 rings (SSSR count). The molecule has 0 unspecified atom stereocenters. The van der Waals surface area contributed by atoms with Gasteiger partial charge in [-0.1, -0.05) is 135 Å². The molecule has 0 aliphatic carbocycles. The number of esters is 1. The van der Waals surface area contributed by atoms with Crippen LogP contribution in [0.5, 0.6) is 5.75 Å². The summed E-state index contributed by atoms with van der Waals surface area (Å²) in [5.74, 6) is 0.776. The van der Waals surface area contributed by atoms with Gasteiger partial charge in [0.15, 0.2) is 0 Å². The summed E-state index contributed by atoms with van der Waals surface area (Å²) in [7, 11) is 0. The van der Waals surface area contributed by atoms with E-state index in [9.17, 15) is 4.79 Å². The zero-order valence-corrected chi connectivity index (χ0v) is 26.9. The molecule has 0 aliphatic rings. The van der Waals surface area contributed by atoms with Crippen LogP contribution >= 0.6 is 0 Å². The predicted octanol–water partition coefficient (Wildman–Crippen LogP) is 10.0. The minimum absolute atomic E-state index is 0.111. The fraction of sp³-hybridized carbons (Fsp3) is 0.806. The molecule has 0 amide bonds. The number of carbonyl (C=O) groups is 1. The van der Waals surface area contributed by atoms with Gasteiger partial charge < -0.3 is 18.9 Å². The molecule has 0 N–H and O–H groups in total. The van der Waals surface area contributed by atoms with Crippen molar-refractivity contribution < 1.29 is 23.7 Å². The van der Waals surface area contributed by atoms with E-state index in [1.807, 2.05) is 0 Å². The van der Waals surface area contributed by atoms with Gasteiger partial charge in [0, 0.05) is 6.42 Å². The smallest absolute Gasteiger partial charge is 0.305 e. The van der Waals surface area contributed by atoms with E-state index in [1.54, 1.807) is 0 Å². The first kappa shape index (κ1) is 37.4. The van der Waals surface area contributed by atoms with Crippen molar-refractivity contribution in [3.63, 3.8) is 0 Å². The van der Waals surface area contributed by atoms with Crippen molar-refractivity contribution in [2.45, 2.75) is 149 Å². The fourth-order valence-corrected chi connectivity index (χ4v) is 4.98. The highest BCUT2D eigenvalue weighted by Gasteiger charge is 2.03. The van der Waals surface area contributed by atoms with Gasteiger partial charge in [-0.15, -0.1) is 0 Å². The first-order chi connectivity index (χ1) is 20.3. The number of rotatable bonds is 31. The van der Waals surface area contributed by atoms with Crippen LogP contribution in [0, 0.1) is 0 Å². The molecule has 5 nitrogen and oxygen atoms in total. The van der Waals surface area contributed by atoms with E-state index in [-0.39, 0.29) is 5.97 Å². The first-order valence-electron chi connectivity index (χ1n) is 17.3. The van der Waals surface area contributed by atoms with Gasteiger partial charge in [0.1, 0.15) is 19.0 Å². The molecule has 1 aromatic rings. The summed E-state index contributed by atoms with van der Waals surface area (Å²) in [5.41, 5.74) is 1.38. The number of benzene rings is 1. The third-order valence-corrected chi connectivity index (χ3v) is 7.59. The maximum Gasteiger partial charge on any atom is 0.305 e. The largest absolute Gasteiger partial charge is 0.491 e. The van der Waals surface area contributed by atoms with E-state index in [4.69, 9.17) is 18.9 Å². The highest BCUT2D eigenvalue weighted by molar-refractivity contribution is 5.69. The fourth-order valence-electron chi connectivity index (χ4n) is 4.98. The second-order valence-corrected chi connectivity index (χ2v) is 11.4. The molecule has 41 heavy (non-hydrogen) atoms. The van der Waals surface area contributed by atoms with Gasteiger partial charge in [-0.05, 0) is 37.0 Å². The molecule has 0 aliphatic heterocycles. The Morgan fingerprint density at radius 1 is 0.512 bits per heavy atom. The number of carbonyl (C=O) groups excluding carboxylic acids is 1. The lowest BCUT2D eigenvalue weighted by Gasteiger charge is -2.09.